The van der Waals surface area contributed by atoms with Gasteiger partial charge in [-0.15, -0.1) is 0 Å². The summed E-state index contributed by atoms with van der Waals surface area (Å²) in [5, 5.41) is 0. The zero-order valence-corrected chi connectivity index (χ0v) is 5.66. The highest BCUT2D eigenvalue weighted by molar-refractivity contribution is 5.93. The van der Waals surface area contributed by atoms with E-state index in [0.717, 1.165) is 0 Å². The van der Waals surface area contributed by atoms with Crippen LogP contribution in [-0.4, -0.2) is 10.9 Å². The van der Waals surface area contributed by atoms with Crippen molar-refractivity contribution in [1.82, 2.24) is 4.98 Å². The van der Waals surface area contributed by atoms with Crippen LogP contribution >= 0.6 is 0 Å². The highest BCUT2D eigenvalue weighted by Gasteiger charge is 2.01. The van der Waals surface area contributed by atoms with Crippen molar-refractivity contribution in [3.05, 3.63) is 29.6 Å². The van der Waals surface area contributed by atoms with E-state index in [4.69, 9.17) is 5.73 Å². The average Bonchev–Trinajstić information content (AvgIpc) is 1.88. The number of aryl methyl sites for hydroxylation is 1. The lowest BCUT2D eigenvalue weighted by Crippen LogP contribution is -2.12. The summed E-state index contributed by atoms with van der Waals surface area (Å²) in [5.41, 5.74) is 6.20. The summed E-state index contributed by atoms with van der Waals surface area (Å²) in [7, 11) is 0. The van der Waals surface area contributed by atoms with Crippen LogP contribution in [0.15, 0.2) is 18.3 Å². The van der Waals surface area contributed by atoms with Crippen molar-refractivity contribution < 1.29 is 4.79 Å². The van der Waals surface area contributed by atoms with Crippen molar-refractivity contribution in [2.45, 2.75) is 6.92 Å². The SMILES string of the molecule is Cc1ncccc1C(N)=O. The summed E-state index contributed by atoms with van der Waals surface area (Å²) in [6.45, 7) is 1.75. The van der Waals surface area contributed by atoms with Crippen LogP contribution in [0.25, 0.3) is 0 Å². The summed E-state index contributed by atoms with van der Waals surface area (Å²) < 4.78 is 0. The van der Waals surface area contributed by atoms with Gasteiger partial charge in [0, 0.05) is 11.9 Å². The maximum atomic E-state index is 10.6. The average molecular weight is 136 g/mol. The molecule has 52 valence electrons. The summed E-state index contributed by atoms with van der Waals surface area (Å²) in [4.78, 5) is 14.5. The molecule has 0 radical (unpaired) electrons. The number of nitrogens with zero attached hydrogens (tertiary/aromatic N) is 1. The Morgan fingerprint density at radius 1 is 1.70 bits per heavy atom. The van der Waals surface area contributed by atoms with Crippen molar-refractivity contribution in [2.24, 2.45) is 5.73 Å². The molecule has 0 bridgehead atoms. The van der Waals surface area contributed by atoms with Gasteiger partial charge in [-0.2, -0.15) is 0 Å². The molecular formula is C7H8N2O. The van der Waals surface area contributed by atoms with Gasteiger partial charge < -0.3 is 5.73 Å². The number of rotatable bonds is 1. The van der Waals surface area contributed by atoms with E-state index in [1.807, 2.05) is 0 Å². The van der Waals surface area contributed by atoms with Gasteiger partial charge in [0.15, 0.2) is 0 Å². The van der Waals surface area contributed by atoms with Crippen LogP contribution in [0.5, 0.6) is 0 Å². The fourth-order valence-corrected chi connectivity index (χ4v) is 0.745. The van der Waals surface area contributed by atoms with E-state index in [1.165, 1.54) is 0 Å². The standard InChI is InChI=1S/C7H8N2O/c1-5-6(7(8)10)3-2-4-9-5/h2-4H,1H3,(H2,8,10). The summed E-state index contributed by atoms with van der Waals surface area (Å²) in [6.07, 6.45) is 1.63. The molecule has 1 rings (SSSR count). The van der Waals surface area contributed by atoms with Crippen LogP contribution in [0, 0.1) is 6.92 Å². The molecule has 0 saturated carbocycles. The number of hydrogen-bond acceptors (Lipinski definition) is 2. The van der Waals surface area contributed by atoms with Crippen LogP contribution < -0.4 is 5.73 Å². The Balaban J connectivity index is 3.15. The minimum absolute atomic E-state index is 0.425. The van der Waals surface area contributed by atoms with Gasteiger partial charge >= 0.3 is 0 Å². The summed E-state index contributed by atoms with van der Waals surface area (Å²) in [6, 6.07) is 3.34. The first-order valence-electron chi connectivity index (χ1n) is 2.93. The normalized spacial score (nSPS) is 9.30. The quantitative estimate of drug-likeness (QED) is 0.610. The number of carbonyl (C=O) groups is 1. The zero-order chi connectivity index (χ0) is 7.56. The molecule has 3 nitrogen and oxygen atoms in total. The number of primary amides is 1. The number of nitrogens with two attached hydrogens (primary N) is 1. The Morgan fingerprint density at radius 3 is 2.80 bits per heavy atom. The maximum absolute atomic E-state index is 10.6. The number of aromatic nitrogens is 1. The van der Waals surface area contributed by atoms with Gasteiger partial charge in [0.05, 0.1) is 5.56 Å². The van der Waals surface area contributed by atoms with Crippen molar-refractivity contribution >= 4 is 5.91 Å². The van der Waals surface area contributed by atoms with E-state index < -0.39 is 5.91 Å². The Kier molecular flexibility index (Phi) is 1.67. The third kappa shape index (κ3) is 1.13. The highest BCUT2D eigenvalue weighted by Crippen LogP contribution is 2.00. The van der Waals surface area contributed by atoms with Gasteiger partial charge in [-0.05, 0) is 19.1 Å². The fourth-order valence-electron chi connectivity index (χ4n) is 0.745. The van der Waals surface area contributed by atoms with E-state index >= 15 is 0 Å². The lowest BCUT2D eigenvalue weighted by molar-refractivity contribution is 0.0999. The predicted octanol–water partition coefficient (Wildman–Crippen LogP) is 0.489. The molecule has 0 aliphatic heterocycles. The van der Waals surface area contributed by atoms with Gasteiger partial charge in [-0.25, -0.2) is 0 Å². The first-order chi connectivity index (χ1) is 4.72. The topological polar surface area (TPSA) is 56.0 Å². The maximum Gasteiger partial charge on any atom is 0.250 e. The number of pyridine rings is 1. The monoisotopic (exact) mass is 136 g/mol. The predicted molar refractivity (Wildman–Crippen MR) is 37.5 cm³/mol. The molecule has 0 saturated heterocycles. The molecule has 0 atom stereocenters. The lowest BCUT2D eigenvalue weighted by atomic mass is 10.2. The first kappa shape index (κ1) is 6.74. The molecule has 0 aliphatic rings. The molecule has 2 N–H and O–H groups in total. The van der Waals surface area contributed by atoms with E-state index in [2.05, 4.69) is 4.98 Å². The van der Waals surface area contributed by atoms with Gasteiger partial charge in [0.1, 0.15) is 0 Å². The summed E-state index contributed by atoms with van der Waals surface area (Å²) >= 11 is 0. The van der Waals surface area contributed by atoms with Gasteiger partial charge in [-0.1, -0.05) is 0 Å². The minimum atomic E-state index is -0.425. The van der Waals surface area contributed by atoms with Crippen molar-refractivity contribution in [3.8, 4) is 0 Å². The van der Waals surface area contributed by atoms with E-state index in [0.29, 0.717) is 11.3 Å². The largest absolute Gasteiger partial charge is 0.366 e. The Bertz CT molecular complexity index is 258. The minimum Gasteiger partial charge on any atom is -0.366 e. The van der Waals surface area contributed by atoms with Crippen LogP contribution in [0.2, 0.25) is 0 Å². The van der Waals surface area contributed by atoms with Crippen molar-refractivity contribution in [2.75, 3.05) is 0 Å². The van der Waals surface area contributed by atoms with Crippen LogP contribution in [0.3, 0.4) is 0 Å². The molecule has 1 aromatic heterocycles. The van der Waals surface area contributed by atoms with Gasteiger partial charge in [0.25, 0.3) is 5.91 Å². The van der Waals surface area contributed by atoms with Crippen molar-refractivity contribution in [3.63, 3.8) is 0 Å². The third-order valence-corrected chi connectivity index (χ3v) is 1.27. The number of amides is 1. The molecule has 0 unspecified atom stereocenters. The number of carbonyl (C=O) groups excluding carboxylic acids is 1. The van der Waals surface area contributed by atoms with E-state index in [1.54, 1.807) is 25.3 Å². The molecular weight excluding hydrogens is 128 g/mol. The van der Waals surface area contributed by atoms with Crippen LogP contribution in [0.4, 0.5) is 0 Å². The molecule has 3 heteroatoms. The lowest BCUT2D eigenvalue weighted by Gasteiger charge is -1.96. The van der Waals surface area contributed by atoms with Gasteiger partial charge in [0.2, 0.25) is 0 Å². The number of hydrogen-bond donors (Lipinski definition) is 1. The van der Waals surface area contributed by atoms with E-state index in [9.17, 15) is 4.79 Å². The van der Waals surface area contributed by atoms with Crippen LogP contribution in [0.1, 0.15) is 16.1 Å². The first-order valence-corrected chi connectivity index (χ1v) is 2.93. The second kappa shape index (κ2) is 2.47. The second-order valence-electron chi connectivity index (χ2n) is 2.00. The Hall–Kier alpha value is -1.38. The second-order valence-corrected chi connectivity index (χ2v) is 2.00. The molecule has 10 heavy (non-hydrogen) atoms. The molecule has 0 fully saturated rings. The molecule has 0 spiro atoms. The fraction of sp³-hybridized carbons (Fsp3) is 0.143. The van der Waals surface area contributed by atoms with Gasteiger partial charge in [-0.3, -0.25) is 9.78 Å². The van der Waals surface area contributed by atoms with E-state index in [-0.39, 0.29) is 0 Å². The van der Waals surface area contributed by atoms with Crippen LogP contribution in [-0.2, 0) is 0 Å². The molecule has 0 aliphatic carbocycles. The van der Waals surface area contributed by atoms with Crippen molar-refractivity contribution in [1.29, 1.82) is 0 Å². The third-order valence-electron chi connectivity index (χ3n) is 1.27. The molecule has 1 aromatic rings. The Labute approximate surface area is 58.9 Å². The highest BCUT2D eigenvalue weighted by atomic mass is 16.1. The molecule has 0 aromatic carbocycles. The summed E-state index contributed by atoms with van der Waals surface area (Å²) in [5.74, 6) is -0.425. The smallest absolute Gasteiger partial charge is 0.250 e. The Morgan fingerprint density at radius 2 is 2.40 bits per heavy atom. The molecule has 1 amide bonds. The molecule has 1 heterocycles. The zero-order valence-electron chi connectivity index (χ0n) is 5.66.